The van der Waals surface area contributed by atoms with Gasteiger partial charge < -0.3 is 19.3 Å². The van der Waals surface area contributed by atoms with Crippen LogP contribution in [0.1, 0.15) is 11.3 Å². The number of hydrogen-bond acceptors (Lipinski definition) is 6. The molecular formula is C19H22N4O2. The zero-order valence-electron chi connectivity index (χ0n) is 14.4. The molecule has 6 heteroatoms. The number of benzene rings is 1. The summed E-state index contributed by atoms with van der Waals surface area (Å²) in [4.78, 5) is 13.7. The van der Waals surface area contributed by atoms with Crippen LogP contribution in [0.25, 0.3) is 0 Å². The lowest BCUT2D eigenvalue weighted by molar-refractivity contribution is 0.122. The SMILES string of the molecule is COc1ccc(CN2CN=Cc3ncc(N4CCOCC4)cc32)cc1. The van der Waals surface area contributed by atoms with Crippen molar-refractivity contribution in [1.82, 2.24) is 4.98 Å². The average molecular weight is 338 g/mol. The second-order valence-corrected chi connectivity index (χ2v) is 6.20. The number of aliphatic imine (C=N–C) groups is 1. The molecule has 4 rings (SSSR count). The summed E-state index contributed by atoms with van der Waals surface area (Å²) in [7, 11) is 1.68. The van der Waals surface area contributed by atoms with Crippen molar-refractivity contribution in [3.63, 3.8) is 0 Å². The van der Waals surface area contributed by atoms with Crippen molar-refractivity contribution in [3.05, 3.63) is 47.8 Å². The number of anilines is 2. The minimum Gasteiger partial charge on any atom is -0.497 e. The zero-order chi connectivity index (χ0) is 17.1. The molecule has 1 aromatic carbocycles. The predicted octanol–water partition coefficient (Wildman–Crippen LogP) is 2.32. The second kappa shape index (κ2) is 7.11. The Labute approximate surface area is 147 Å². The fourth-order valence-corrected chi connectivity index (χ4v) is 3.19. The molecule has 6 nitrogen and oxygen atoms in total. The molecule has 0 amide bonds. The Kier molecular flexibility index (Phi) is 4.52. The van der Waals surface area contributed by atoms with Gasteiger partial charge in [-0.1, -0.05) is 12.1 Å². The van der Waals surface area contributed by atoms with Crippen molar-refractivity contribution < 1.29 is 9.47 Å². The smallest absolute Gasteiger partial charge is 0.118 e. The minimum absolute atomic E-state index is 0.646. The van der Waals surface area contributed by atoms with Crippen LogP contribution in [-0.4, -0.2) is 51.3 Å². The van der Waals surface area contributed by atoms with Crippen LogP contribution in [0.15, 0.2) is 41.5 Å². The van der Waals surface area contributed by atoms with E-state index in [9.17, 15) is 0 Å². The van der Waals surface area contributed by atoms with E-state index in [-0.39, 0.29) is 0 Å². The topological polar surface area (TPSA) is 50.2 Å². The number of morpholine rings is 1. The summed E-state index contributed by atoms with van der Waals surface area (Å²) in [6.45, 7) is 4.80. The lowest BCUT2D eigenvalue weighted by atomic mass is 10.1. The molecule has 0 saturated carbocycles. The molecule has 0 aliphatic carbocycles. The van der Waals surface area contributed by atoms with Gasteiger partial charge in [0, 0.05) is 19.6 Å². The van der Waals surface area contributed by atoms with Gasteiger partial charge in [0.1, 0.15) is 18.1 Å². The van der Waals surface area contributed by atoms with Gasteiger partial charge in [-0.2, -0.15) is 0 Å². The molecule has 2 aliphatic rings. The van der Waals surface area contributed by atoms with Gasteiger partial charge in [0.15, 0.2) is 0 Å². The van der Waals surface area contributed by atoms with E-state index in [1.165, 1.54) is 5.56 Å². The van der Waals surface area contributed by atoms with E-state index in [1.54, 1.807) is 7.11 Å². The molecule has 2 aromatic rings. The van der Waals surface area contributed by atoms with Gasteiger partial charge in [-0.25, -0.2) is 0 Å². The van der Waals surface area contributed by atoms with E-state index in [0.29, 0.717) is 6.67 Å². The van der Waals surface area contributed by atoms with Gasteiger partial charge in [0.2, 0.25) is 0 Å². The fourth-order valence-electron chi connectivity index (χ4n) is 3.19. The van der Waals surface area contributed by atoms with Crippen molar-refractivity contribution in [1.29, 1.82) is 0 Å². The van der Waals surface area contributed by atoms with Crippen molar-refractivity contribution in [3.8, 4) is 5.75 Å². The average Bonchev–Trinajstić information content (AvgIpc) is 2.69. The molecule has 130 valence electrons. The zero-order valence-corrected chi connectivity index (χ0v) is 14.4. The lowest BCUT2D eigenvalue weighted by Crippen LogP contribution is -2.36. The molecular weight excluding hydrogens is 316 g/mol. The minimum atomic E-state index is 0.646. The van der Waals surface area contributed by atoms with Crippen LogP contribution >= 0.6 is 0 Å². The Balaban J connectivity index is 1.57. The third-order valence-corrected chi connectivity index (χ3v) is 4.60. The van der Waals surface area contributed by atoms with E-state index >= 15 is 0 Å². The Morgan fingerprint density at radius 1 is 1.16 bits per heavy atom. The summed E-state index contributed by atoms with van der Waals surface area (Å²) >= 11 is 0. The molecule has 0 spiro atoms. The maximum absolute atomic E-state index is 5.45. The summed E-state index contributed by atoms with van der Waals surface area (Å²) in [5.41, 5.74) is 4.43. The van der Waals surface area contributed by atoms with Gasteiger partial charge in [-0.05, 0) is 23.8 Å². The Morgan fingerprint density at radius 3 is 2.72 bits per heavy atom. The van der Waals surface area contributed by atoms with E-state index in [2.05, 4.69) is 38.0 Å². The van der Waals surface area contributed by atoms with Crippen LogP contribution in [0.2, 0.25) is 0 Å². The second-order valence-electron chi connectivity index (χ2n) is 6.20. The van der Waals surface area contributed by atoms with Crippen LogP contribution in [-0.2, 0) is 11.3 Å². The monoisotopic (exact) mass is 338 g/mol. The van der Waals surface area contributed by atoms with E-state index in [4.69, 9.17) is 9.47 Å². The first-order valence-corrected chi connectivity index (χ1v) is 8.54. The van der Waals surface area contributed by atoms with E-state index in [0.717, 1.165) is 55.7 Å². The number of pyridine rings is 1. The van der Waals surface area contributed by atoms with Gasteiger partial charge in [-0.15, -0.1) is 0 Å². The highest BCUT2D eigenvalue weighted by Gasteiger charge is 2.19. The fraction of sp³-hybridized carbons (Fsp3) is 0.368. The van der Waals surface area contributed by atoms with Gasteiger partial charge in [-0.3, -0.25) is 9.98 Å². The summed E-state index contributed by atoms with van der Waals surface area (Å²) in [6.07, 6.45) is 3.80. The Morgan fingerprint density at radius 2 is 1.96 bits per heavy atom. The number of aromatic nitrogens is 1. The first-order valence-electron chi connectivity index (χ1n) is 8.54. The molecule has 0 bridgehead atoms. The maximum atomic E-state index is 5.45. The molecule has 3 heterocycles. The summed E-state index contributed by atoms with van der Waals surface area (Å²) in [5, 5.41) is 0. The van der Waals surface area contributed by atoms with Crippen LogP contribution in [0.4, 0.5) is 11.4 Å². The first kappa shape index (κ1) is 15.9. The highest BCUT2D eigenvalue weighted by molar-refractivity contribution is 5.88. The molecule has 0 atom stereocenters. The molecule has 25 heavy (non-hydrogen) atoms. The van der Waals surface area contributed by atoms with E-state index in [1.807, 2.05) is 24.5 Å². The van der Waals surface area contributed by atoms with Crippen molar-refractivity contribution in [2.45, 2.75) is 6.54 Å². The third-order valence-electron chi connectivity index (χ3n) is 4.60. The van der Waals surface area contributed by atoms with Crippen LogP contribution < -0.4 is 14.5 Å². The predicted molar refractivity (Wildman–Crippen MR) is 98.9 cm³/mol. The van der Waals surface area contributed by atoms with Crippen molar-refractivity contribution in [2.24, 2.45) is 4.99 Å². The Hall–Kier alpha value is -2.60. The normalized spacial score (nSPS) is 16.7. The molecule has 0 unspecified atom stereocenters. The van der Waals surface area contributed by atoms with Gasteiger partial charge in [0.25, 0.3) is 0 Å². The number of hydrogen-bond donors (Lipinski definition) is 0. The largest absolute Gasteiger partial charge is 0.497 e. The molecule has 1 aromatic heterocycles. The quantitative estimate of drug-likeness (QED) is 0.856. The van der Waals surface area contributed by atoms with Gasteiger partial charge in [0.05, 0.1) is 44.1 Å². The summed E-state index contributed by atoms with van der Waals surface area (Å²) in [5.74, 6) is 0.872. The first-order chi connectivity index (χ1) is 12.3. The highest BCUT2D eigenvalue weighted by Crippen LogP contribution is 2.28. The van der Waals surface area contributed by atoms with Crippen LogP contribution in [0.5, 0.6) is 5.75 Å². The number of nitrogens with zero attached hydrogens (tertiary/aromatic N) is 4. The molecule has 0 N–H and O–H groups in total. The Bertz CT molecular complexity index is 755. The molecule has 2 aliphatic heterocycles. The standard InChI is InChI=1S/C19H22N4O2/c1-24-17-4-2-15(3-5-17)13-23-14-20-12-18-19(23)10-16(11-21-18)22-6-8-25-9-7-22/h2-5,10-12H,6-9,13-14H2,1H3. The summed E-state index contributed by atoms with van der Waals surface area (Å²) < 4.78 is 10.7. The number of fused-ring (bicyclic) bond motifs is 1. The molecule has 1 fully saturated rings. The highest BCUT2D eigenvalue weighted by atomic mass is 16.5. The molecule has 0 radical (unpaired) electrons. The van der Waals surface area contributed by atoms with Crippen LogP contribution in [0, 0.1) is 0 Å². The van der Waals surface area contributed by atoms with Crippen molar-refractivity contribution in [2.75, 3.05) is 49.9 Å². The number of methoxy groups -OCH3 is 1. The van der Waals surface area contributed by atoms with E-state index < -0.39 is 0 Å². The summed E-state index contributed by atoms with van der Waals surface area (Å²) in [6, 6.07) is 10.4. The lowest BCUT2D eigenvalue weighted by Gasteiger charge is -2.31. The number of rotatable bonds is 4. The number of ether oxygens (including phenoxy) is 2. The van der Waals surface area contributed by atoms with Crippen molar-refractivity contribution >= 4 is 17.6 Å². The third kappa shape index (κ3) is 3.44. The maximum Gasteiger partial charge on any atom is 0.118 e. The van der Waals surface area contributed by atoms with Crippen LogP contribution in [0.3, 0.4) is 0 Å². The van der Waals surface area contributed by atoms with Gasteiger partial charge >= 0.3 is 0 Å². The molecule has 1 saturated heterocycles.